The van der Waals surface area contributed by atoms with Crippen LogP contribution in [-0.2, 0) is 17.8 Å². The third-order valence-corrected chi connectivity index (χ3v) is 3.78. The van der Waals surface area contributed by atoms with E-state index in [-0.39, 0.29) is 17.6 Å². The highest BCUT2D eigenvalue weighted by molar-refractivity contribution is 5.95. The van der Waals surface area contributed by atoms with Crippen molar-refractivity contribution in [1.29, 1.82) is 0 Å². The van der Waals surface area contributed by atoms with Crippen LogP contribution in [0.15, 0.2) is 42.5 Å². The summed E-state index contributed by atoms with van der Waals surface area (Å²) >= 11 is 0. The number of anilines is 1. The van der Waals surface area contributed by atoms with E-state index in [1.54, 1.807) is 12.1 Å². The Balaban J connectivity index is 1.72. The third-order valence-electron chi connectivity index (χ3n) is 3.78. The maximum absolute atomic E-state index is 13.8. The van der Waals surface area contributed by atoms with Crippen LogP contribution in [0.25, 0.3) is 0 Å². The molecule has 3 nitrogen and oxygen atoms in total. The second-order valence-electron chi connectivity index (χ2n) is 5.38. The van der Waals surface area contributed by atoms with Crippen molar-refractivity contribution in [3.05, 3.63) is 65.0 Å². The van der Waals surface area contributed by atoms with Crippen LogP contribution in [0, 0.1) is 12.7 Å². The molecule has 1 atom stereocenters. The molecule has 0 saturated carbocycles. The molecule has 1 aliphatic rings. The first kappa shape index (κ1) is 13.8. The number of aryl methyl sites for hydroxylation is 1. The lowest BCUT2D eigenvalue weighted by molar-refractivity contribution is -0.118. The number of hydrogen-bond donors (Lipinski definition) is 2. The Hall–Kier alpha value is -2.20. The van der Waals surface area contributed by atoms with E-state index in [1.807, 2.05) is 25.1 Å². The molecule has 1 aliphatic heterocycles. The number of hydrogen-bond acceptors (Lipinski definition) is 2. The fraction of sp³-hybridized carbons (Fsp3) is 0.235. The molecule has 2 aromatic rings. The number of benzene rings is 2. The lowest BCUT2D eigenvalue weighted by Crippen LogP contribution is -2.44. The molecule has 0 fully saturated rings. The van der Waals surface area contributed by atoms with Crippen molar-refractivity contribution in [2.75, 3.05) is 5.32 Å². The maximum atomic E-state index is 13.8. The molecule has 0 spiro atoms. The standard InChI is InChI=1S/C17H17FN2O/c1-11-6-7-15(14(18)8-11)20-17(21)16-9-12-4-2-3-5-13(12)10-19-16/h2-8,16,19H,9-10H2,1H3,(H,20,21)/t16-/m0/s1. The van der Waals surface area contributed by atoms with Crippen LogP contribution in [0.4, 0.5) is 10.1 Å². The third kappa shape index (κ3) is 2.95. The minimum atomic E-state index is -0.403. The summed E-state index contributed by atoms with van der Waals surface area (Å²) in [6.45, 7) is 2.47. The molecule has 108 valence electrons. The van der Waals surface area contributed by atoms with Gasteiger partial charge in [-0.15, -0.1) is 0 Å². The second-order valence-corrected chi connectivity index (χ2v) is 5.38. The number of amides is 1. The van der Waals surface area contributed by atoms with Gasteiger partial charge in [0.15, 0.2) is 0 Å². The average molecular weight is 284 g/mol. The Labute approximate surface area is 123 Å². The first-order valence-corrected chi connectivity index (χ1v) is 7.00. The summed E-state index contributed by atoms with van der Waals surface area (Å²) in [6.07, 6.45) is 0.621. The van der Waals surface area contributed by atoms with Gasteiger partial charge in [0.1, 0.15) is 5.82 Å². The van der Waals surface area contributed by atoms with E-state index in [0.717, 1.165) is 5.56 Å². The first-order chi connectivity index (χ1) is 10.1. The molecule has 0 radical (unpaired) electrons. The van der Waals surface area contributed by atoms with E-state index in [0.29, 0.717) is 13.0 Å². The summed E-state index contributed by atoms with van der Waals surface area (Å²) < 4.78 is 13.8. The normalized spacial score (nSPS) is 17.1. The van der Waals surface area contributed by atoms with E-state index < -0.39 is 5.82 Å². The highest BCUT2D eigenvalue weighted by Crippen LogP contribution is 2.19. The largest absolute Gasteiger partial charge is 0.322 e. The maximum Gasteiger partial charge on any atom is 0.241 e. The Kier molecular flexibility index (Phi) is 3.71. The van der Waals surface area contributed by atoms with Gasteiger partial charge in [0.2, 0.25) is 5.91 Å². The van der Waals surface area contributed by atoms with Crippen LogP contribution in [-0.4, -0.2) is 11.9 Å². The summed E-state index contributed by atoms with van der Waals surface area (Å²) in [5.74, 6) is -0.605. The Morgan fingerprint density at radius 2 is 2.00 bits per heavy atom. The molecule has 0 aliphatic carbocycles. The summed E-state index contributed by atoms with van der Waals surface area (Å²) in [4.78, 5) is 12.3. The molecule has 3 rings (SSSR count). The molecule has 21 heavy (non-hydrogen) atoms. The number of rotatable bonds is 2. The molecule has 1 amide bonds. The van der Waals surface area contributed by atoms with Gasteiger partial charge in [0.25, 0.3) is 0 Å². The van der Waals surface area contributed by atoms with Crippen LogP contribution < -0.4 is 10.6 Å². The van der Waals surface area contributed by atoms with Gasteiger partial charge >= 0.3 is 0 Å². The van der Waals surface area contributed by atoms with Gasteiger partial charge in [-0.2, -0.15) is 0 Å². The Morgan fingerprint density at radius 3 is 2.76 bits per heavy atom. The fourth-order valence-corrected chi connectivity index (χ4v) is 2.58. The highest BCUT2D eigenvalue weighted by atomic mass is 19.1. The van der Waals surface area contributed by atoms with Crippen LogP contribution in [0.2, 0.25) is 0 Å². The van der Waals surface area contributed by atoms with Gasteiger partial charge in [-0.25, -0.2) is 4.39 Å². The van der Waals surface area contributed by atoms with Gasteiger partial charge < -0.3 is 10.6 Å². The zero-order valence-corrected chi connectivity index (χ0v) is 11.8. The van der Waals surface area contributed by atoms with E-state index in [4.69, 9.17) is 0 Å². The molecule has 0 bridgehead atoms. The van der Waals surface area contributed by atoms with E-state index in [1.165, 1.54) is 17.2 Å². The SMILES string of the molecule is Cc1ccc(NC(=O)[C@@H]2Cc3ccccc3CN2)c(F)c1. The highest BCUT2D eigenvalue weighted by Gasteiger charge is 2.24. The average Bonchev–Trinajstić information content (AvgIpc) is 2.49. The number of carbonyl (C=O) groups excluding carboxylic acids is 1. The number of nitrogens with one attached hydrogen (secondary N) is 2. The molecule has 0 unspecified atom stereocenters. The van der Waals surface area contributed by atoms with Crippen molar-refractivity contribution in [2.45, 2.75) is 25.9 Å². The zero-order chi connectivity index (χ0) is 14.8. The Morgan fingerprint density at radius 1 is 1.24 bits per heavy atom. The minimum Gasteiger partial charge on any atom is -0.322 e. The second kappa shape index (κ2) is 5.66. The molecule has 1 heterocycles. The van der Waals surface area contributed by atoms with Crippen molar-refractivity contribution in [1.82, 2.24) is 5.32 Å². The Bertz CT molecular complexity index is 684. The number of carbonyl (C=O) groups is 1. The van der Waals surface area contributed by atoms with Crippen LogP contribution in [0.1, 0.15) is 16.7 Å². The van der Waals surface area contributed by atoms with Crippen LogP contribution in [0.3, 0.4) is 0 Å². The van der Waals surface area contributed by atoms with E-state index in [9.17, 15) is 9.18 Å². The molecular weight excluding hydrogens is 267 g/mol. The zero-order valence-electron chi connectivity index (χ0n) is 11.8. The summed E-state index contributed by atoms with van der Waals surface area (Å²) in [7, 11) is 0. The quantitative estimate of drug-likeness (QED) is 0.890. The molecule has 0 aromatic heterocycles. The lowest BCUT2D eigenvalue weighted by Gasteiger charge is -2.25. The number of fused-ring (bicyclic) bond motifs is 1. The van der Waals surface area contributed by atoms with Gasteiger partial charge in [-0.1, -0.05) is 30.3 Å². The minimum absolute atomic E-state index is 0.202. The summed E-state index contributed by atoms with van der Waals surface area (Å²) in [5.41, 5.74) is 3.44. The smallest absolute Gasteiger partial charge is 0.241 e. The predicted molar refractivity (Wildman–Crippen MR) is 80.5 cm³/mol. The van der Waals surface area contributed by atoms with Crippen LogP contribution in [0.5, 0.6) is 0 Å². The van der Waals surface area contributed by atoms with Gasteiger partial charge in [0.05, 0.1) is 11.7 Å². The molecule has 0 saturated heterocycles. The van der Waals surface area contributed by atoms with Gasteiger partial charge in [0, 0.05) is 6.54 Å². The molecule has 4 heteroatoms. The van der Waals surface area contributed by atoms with Crippen molar-refractivity contribution >= 4 is 11.6 Å². The van der Waals surface area contributed by atoms with Crippen molar-refractivity contribution < 1.29 is 9.18 Å². The van der Waals surface area contributed by atoms with Crippen molar-refractivity contribution in [2.24, 2.45) is 0 Å². The lowest BCUT2D eigenvalue weighted by atomic mass is 9.95. The summed E-state index contributed by atoms with van der Waals surface area (Å²) in [5, 5.41) is 5.85. The molecule has 2 aromatic carbocycles. The monoisotopic (exact) mass is 284 g/mol. The van der Waals surface area contributed by atoms with Crippen LogP contribution >= 0.6 is 0 Å². The van der Waals surface area contributed by atoms with Crippen molar-refractivity contribution in [3.8, 4) is 0 Å². The summed E-state index contributed by atoms with van der Waals surface area (Å²) in [6, 6.07) is 12.5. The topological polar surface area (TPSA) is 41.1 Å². The molecule has 2 N–H and O–H groups in total. The first-order valence-electron chi connectivity index (χ1n) is 7.00. The van der Waals surface area contributed by atoms with E-state index in [2.05, 4.69) is 16.7 Å². The number of halogens is 1. The molecular formula is C17H17FN2O. The van der Waals surface area contributed by atoms with Gasteiger partial charge in [-0.05, 0) is 42.2 Å². The van der Waals surface area contributed by atoms with Gasteiger partial charge in [-0.3, -0.25) is 4.79 Å². The fourth-order valence-electron chi connectivity index (χ4n) is 2.58. The van der Waals surface area contributed by atoms with E-state index >= 15 is 0 Å². The predicted octanol–water partition coefficient (Wildman–Crippen LogP) is 2.79. The van der Waals surface area contributed by atoms with Crippen molar-refractivity contribution in [3.63, 3.8) is 0 Å².